The van der Waals surface area contributed by atoms with Crippen molar-refractivity contribution >= 4 is 224 Å². The van der Waals surface area contributed by atoms with Crippen molar-refractivity contribution in [2.45, 2.75) is 0 Å². The zero-order chi connectivity index (χ0) is 88.2. The predicted octanol–water partition coefficient (Wildman–Crippen LogP) is 31.2. The Hall–Kier alpha value is -18.2. The molecule has 31 aromatic rings. The summed E-state index contributed by atoms with van der Waals surface area (Å²) in [6.07, 6.45) is 0. The van der Waals surface area contributed by atoms with E-state index in [1.54, 1.807) is 0 Å². The van der Waals surface area contributed by atoms with Gasteiger partial charge in [0, 0.05) is 95.8 Å². The molecule has 0 unspecified atom stereocenters. The lowest BCUT2D eigenvalue weighted by Gasteiger charge is -2.12. The average molecular weight is 1740 g/mol. The second-order valence-electron chi connectivity index (χ2n) is 34.8. The summed E-state index contributed by atoms with van der Waals surface area (Å²) in [5.41, 5.74) is 31.0. The van der Waals surface area contributed by atoms with Gasteiger partial charge in [-0.3, -0.25) is 26.9 Å². The summed E-state index contributed by atoms with van der Waals surface area (Å²) < 4.78 is 28.7. The molecule has 12 aromatic heterocycles. The number of aromatic nitrogens is 12. The van der Waals surface area contributed by atoms with Gasteiger partial charge in [-0.2, -0.15) is 0 Å². The largest absolute Gasteiger partial charge is 0.456 e. The Balaban J connectivity index is 0.0000000987. The lowest BCUT2D eigenvalue weighted by Crippen LogP contribution is -2.06. The van der Waals surface area contributed by atoms with E-state index in [0.29, 0.717) is 0 Å². The molecule has 15 heteroatoms. The molecule has 0 saturated heterocycles. The SMILES string of the molecule is c1ccc2c(c1)nc(-n1c3ccccc3c3cc(-c4ccc(-c5cccc6c5oc5ccccc56)cc4)ccc31)n1c3ccccc3nc21.c1ccc2c(c1)nc(-n1c3ccccc3c3cc(-c4ccc5c(c4)oc4ccccc45)ccc31)n1c3ccccc3nc21.c1ccc2c(c1)nc(-n1c3ccccc3c3cc(-c4ccc5c(c4)sc4ccccc45)ccc31)n1c3ccccc3nc21. The molecule has 0 atom stereocenters. The first-order valence-electron chi connectivity index (χ1n) is 45.4. The van der Waals surface area contributed by atoms with Gasteiger partial charge in [-0.25, -0.2) is 29.9 Å². The molecule has 0 aliphatic rings. The molecule has 0 fully saturated rings. The molecule has 0 spiro atoms. The topological polar surface area (TPSA) is 132 Å². The number of rotatable bonds is 7. The minimum absolute atomic E-state index is 0.824. The molecule has 0 saturated carbocycles. The van der Waals surface area contributed by atoms with Crippen LogP contribution in [0.3, 0.4) is 0 Å². The van der Waals surface area contributed by atoms with Crippen LogP contribution in [0.5, 0.6) is 0 Å². The molecule has 31 rings (SSSR count). The summed E-state index contributed by atoms with van der Waals surface area (Å²) in [5, 5.41) is 17.4. The summed E-state index contributed by atoms with van der Waals surface area (Å²) in [7, 11) is 0. The van der Waals surface area contributed by atoms with Crippen LogP contribution in [0.25, 0.3) is 275 Å². The summed E-state index contributed by atoms with van der Waals surface area (Å²) in [5.74, 6) is 2.49. The Kier molecular flexibility index (Phi) is 16.1. The van der Waals surface area contributed by atoms with Crippen molar-refractivity contribution in [2.24, 2.45) is 0 Å². The molecule has 12 heterocycles. The van der Waals surface area contributed by atoms with Crippen molar-refractivity contribution in [1.29, 1.82) is 0 Å². The minimum atomic E-state index is 0.824. The Morgan fingerprint density at radius 2 is 0.489 bits per heavy atom. The third-order valence-corrected chi connectivity index (χ3v) is 28.5. The molecule has 0 aliphatic heterocycles. The van der Waals surface area contributed by atoms with Gasteiger partial charge < -0.3 is 8.83 Å². The standard InChI is InChI=1S/C44H26N4O.C38H22N4O.C38H22N4S/c1-4-15-36-34(12-1)43-45-37-16-5-7-18-40(37)48(43)44(46-36)47-38-17-6-2-10-31(38)35-26-29(24-25-39(35)47)27-20-22-28(23-21-27)30-13-9-14-33-32-11-3-8-19-41(32)49-42(30)33;2*1-4-12-30-28(11-1)37-39-31-13-5-7-15-34(31)42(37)38(40-30)41-32-14-6-2-9-25(32)29-21-23(18-20-33(29)41)24-17-19-27-26-10-3-8-16-35(26)43-36(27)22-24/h1-26H;2*1-22H. The summed E-state index contributed by atoms with van der Waals surface area (Å²) in [6.45, 7) is 0. The van der Waals surface area contributed by atoms with Crippen molar-refractivity contribution in [3.63, 3.8) is 0 Å². The number of nitrogens with zero attached hydrogens (tertiary/aromatic N) is 12. The van der Waals surface area contributed by atoms with Crippen molar-refractivity contribution in [2.75, 3.05) is 0 Å². The number of imidazole rings is 3. The second kappa shape index (κ2) is 29.2. The zero-order valence-corrected chi connectivity index (χ0v) is 72.8. The fourth-order valence-corrected chi connectivity index (χ4v) is 22.3. The first kappa shape index (κ1) is 74.7. The predicted molar refractivity (Wildman–Crippen MR) is 556 cm³/mol. The van der Waals surface area contributed by atoms with Crippen LogP contribution in [-0.2, 0) is 0 Å². The quantitative estimate of drug-likeness (QED) is 0.154. The number of para-hydroxylation sites is 15. The maximum absolute atomic E-state index is 6.34. The van der Waals surface area contributed by atoms with Crippen LogP contribution in [-0.4, -0.2) is 56.8 Å². The first-order valence-corrected chi connectivity index (χ1v) is 46.2. The lowest BCUT2D eigenvalue weighted by molar-refractivity contribution is 0.669. The lowest BCUT2D eigenvalue weighted by atomic mass is 9.98. The number of hydrogen-bond donors (Lipinski definition) is 0. The molecule has 135 heavy (non-hydrogen) atoms. The van der Waals surface area contributed by atoms with Crippen molar-refractivity contribution < 1.29 is 8.83 Å². The van der Waals surface area contributed by atoms with E-state index in [2.05, 4.69) is 385 Å². The van der Waals surface area contributed by atoms with E-state index in [1.165, 1.54) is 63.6 Å². The number of thiophene rings is 1. The van der Waals surface area contributed by atoms with Crippen LogP contribution in [0.15, 0.2) is 433 Å². The highest BCUT2D eigenvalue weighted by Gasteiger charge is 2.27. The first-order chi connectivity index (χ1) is 66.9. The number of fused-ring (bicyclic) bond motifs is 33. The van der Waals surface area contributed by atoms with Crippen molar-refractivity contribution in [3.8, 4) is 62.4 Å². The van der Waals surface area contributed by atoms with Gasteiger partial charge in [-0.05, 0) is 203 Å². The summed E-state index contributed by atoms with van der Waals surface area (Å²) in [4.78, 5) is 31.1. The Morgan fingerprint density at radius 1 is 0.178 bits per heavy atom. The van der Waals surface area contributed by atoms with Gasteiger partial charge in [-0.15, -0.1) is 11.3 Å². The van der Waals surface area contributed by atoms with E-state index < -0.39 is 0 Å². The third kappa shape index (κ3) is 11.4. The highest BCUT2D eigenvalue weighted by atomic mass is 32.1. The maximum atomic E-state index is 6.34. The summed E-state index contributed by atoms with van der Waals surface area (Å²) in [6, 6.07) is 150. The highest BCUT2D eigenvalue weighted by Crippen LogP contribution is 2.46. The van der Waals surface area contributed by atoms with Crippen molar-refractivity contribution in [3.05, 3.63) is 425 Å². The monoisotopic (exact) mass is 1740 g/mol. The average Bonchev–Trinajstić information content (AvgIpc) is 1.57. The minimum Gasteiger partial charge on any atom is -0.456 e. The fraction of sp³-hybridized carbons (Fsp3) is 0. The van der Waals surface area contributed by atoms with Gasteiger partial charge in [0.2, 0.25) is 17.8 Å². The Bertz CT molecular complexity index is 10100. The van der Waals surface area contributed by atoms with Crippen LogP contribution in [0.4, 0.5) is 0 Å². The molecule has 0 N–H and O–H groups in total. The molecule has 0 amide bonds. The smallest absolute Gasteiger partial charge is 0.221 e. The van der Waals surface area contributed by atoms with Gasteiger partial charge in [0.25, 0.3) is 0 Å². The van der Waals surface area contributed by atoms with Crippen molar-refractivity contribution in [1.82, 2.24) is 56.8 Å². The molecule has 628 valence electrons. The van der Waals surface area contributed by atoms with E-state index in [9.17, 15) is 0 Å². The number of furan rings is 2. The molecule has 0 aliphatic carbocycles. The molecule has 0 radical (unpaired) electrons. The molecular weight excluding hydrogens is 1670 g/mol. The Labute approximate surface area is 770 Å². The van der Waals surface area contributed by atoms with Gasteiger partial charge in [0.05, 0.1) is 82.8 Å². The second-order valence-corrected chi connectivity index (χ2v) is 35.9. The van der Waals surface area contributed by atoms with Gasteiger partial charge in [0.15, 0.2) is 0 Å². The van der Waals surface area contributed by atoms with Crippen LogP contribution in [0.1, 0.15) is 0 Å². The summed E-state index contributed by atoms with van der Waals surface area (Å²) >= 11 is 1.86. The van der Waals surface area contributed by atoms with Gasteiger partial charge in [0.1, 0.15) is 39.3 Å². The zero-order valence-electron chi connectivity index (χ0n) is 72.0. The van der Waals surface area contributed by atoms with E-state index in [4.69, 9.17) is 38.7 Å². The van der Waals surface area contributed by atoms with Crippen LogP contribution in [0, 0.1) is 0 Å². The molecule has 0 bridgehead atoms. The van der Waals surface area contributed by atoms with Crippen LogP contribution >= 0.6 is 11.3 Å². The van der Waals surface area contributed by atoms with E-state index in [1.807, 2.05) is 78.1 Å². The normalized spacial score (nSPS) is 12.1. The molecule has 19 aromatic carbocycles. The van der Waals surface area contributed by atoms with Gasteiger partial charge >= 0.3 is 0 Å². The van der Waals surface area contributed by atoms with E-state index in [0.717, 1.165) is 211 Å². The number of benzene rings is 19. The van der Waals surface area contributed by atoms with E-state index >= 15 is 0 Å². The molecule has 14 nitrogen and oxygen atoms in total. The van der Waals surface area contributed by atoms with Crippen LogP contribution < -0.4 is 0 Å². The van der Waals surface area contributed by atoms with E-state index in [-0.39, 0.29) is 0 Å². The number of hydrogen-bond acceptors (Lipinski definition) is 9. The van der Waals surface area contributed by atoms with Crippen LogP contribution in [0.2, 0.25) is 0 Å². The fourth-order valence-electron chi connectivity index (χ4n) is 21.2. The Morgan fingerprint density at radius 3 is 0.963 bits per heavy atom. The molecular formula is C120H70N12O2S. The third-order valence-electron chi connectivity index (χ3n) is 27.4. The van der Waals surface area contributed by atoms with Gasteiger partial charge in [-0.1, -0.05) is 261 Å². The highest BCUT2D eigenvalue weighted by molar-refractivity contribution is 7.25. The maximum Gasteiger partial charge on any atom is 0.221 e.